The topological polar surface area (TPSA) is 59.4 Å². The molecular weight excluding hydrogens is 274 g/mol. The lowest BCUT2D eigenvalue weighted by atomic mass is 10.1. The van der Waals surface area contributed by atoms with Crippen LogP contribution in [0.1, 0.15) is 15.2 Å². The number of rotatable bonds is 4. The average molecular weight is 285 g/mol. The molecule has 1 aromatic carbocycles. The molecular formula is C15H11NO3S. The van der Waals surface area contributed by atoms with Crippen molar-refractivity contribution in [1.29, 1.82) is 0 Å². The highest BCUT2D eigenvalue weighted by Crippen LogP contribution is 2.29. The Morgan fingerprint density at radius 2 is 2.10 bits per heavy atom. The fourth-order valence-electron chi connectivity index (χ4n) is 1.96. The van der Waals surface area contributed by atoms with Crippen LogP contribution in [-0.4, -0.2) is 16.1 Å². The molecule has 0 aliphatic heterocycles. The normalized spacial score (nSPS) is 10.6. The van der Waals surface area contributed by atoms with Gasteiger partial charge in [-0.15, -0.1) is 11.3 Å². The van der Waals surface area contributed by atoms with Crippen molar-refractivity contribution in [2.75, 3.05) is 0 Å². The smallest absolute Gasteiger partial charge is 0.341 e. The molecule has 4 nitrogen and oxygen atoms in total. The maximum absolute atomic E-state index is 11.3. The Morgan fingerprint density at radius 3 is 2.85 bits per heavy atom. The van der Waals surface area contributed by atoms with E-state index in [0.717, 1.165) is 10.4 Å². The number of fused-ring (bicyclic) bond motifs is 1. The van der Waals surface area contributed by atoms with Crippen molar-refractivity contribution in [1.82, 2.24) is 4.98 Å². The van der Waals surface area contributed by atoms with E-state index >= 15 is 0 Å². The third kappa shape index (κ3) is 2.35. The van der Waals surface area contributed by atoms with Crippen LogP contribution in [0.25, 0.3) is 10.9 Å². The molecule has 0 saturated carbocycles. The van der Waals surface area contributed by atoms with Gasteiger partial charge in [-0.05, 0) is 23.6 Å². The zero-order valence-electron chi connectivity index (χ0n) is 10.4. The molecule has 0 atom stereocenters. The lowest BCUT2D eigenvalue weighted by Crippen LogP contribution is -2.04. The number of thiophene rings is 1. The number of nitrogens with zero attached hydrogens (tertiary/aromatic N) is 1. The molecule has 3 aromatic rings. The Bertz CT molecular complexity index is 753. The van der Waals surface area contributed by atoms with Crippen LogP contribution in [0.2, 0.25) is 0 Å². The summed E-state index contributed by atoms with van der Waals surface area (Å²) in [4.78, 5) is 16.5. The molecule has 1 N–H and O–H groups in total. The molecule has 0 unspecified atom stereocenters. The van der Waals surface area contributed by atoms with E-state index in [1.165, 1.54) is 6.20 Å². The van der Waals surface area contributed by atoms with Crippen molar-refractivity contribution in [3.63, 3.8) is 0 Å². The summed E-state index contributed by atoms with van der Waals surface area (Å²) in [6.45, 7) is 0.353. The van der Waals surface area contributed by atoms with Gasteiger partial charge in [0.1, 0.15) is 17.9 Å². The van der Waals surface area contributed by atoms with Gasteiger partial charge in [-0.2, -0.15) is 0 Å². The minimum Gasteiger partial charge on any atom is -0.486 e. The van der Waals surface area contributed by atoms with Gasteiger partial charge in [0, 0.05) is 16.5 Å². The summed E-state index contributed by atoms with van der Waals surface area (Å²) in [5.74, 6) is -0.666. The van der Waals surface area contributed by atoms with E-state index in [0.29, 0.717) is 17.7 Å². The number of benzene rings is 1. The number of carbonyl (C=O) groups is 1. The number of carboxylic acids is 1. The highest BCUT2D eigenvalue weighted by Gasteiger charge is 2.16. The molecule has 2 aromatic heterocycles. The average Bonchev–Trinajstić information content (AvgIpc) is 2.97. The number of aromatic carboxylic acids is 1. The lowest BCUT2D eigenvalue weighted by molar-refractivity contribution is 0.0692. The molecule has 0 radical (unpaired) electrons. The Hall–Kier alpha value is -2.40. The first-order chi connectivity index (χ1) is 9.75. The molecule has 2 heterocycles. The van der Waals surface area contributed by atoms with Crippen LogP contribution in [0.3, 0.4) is 0 Å². The van der Waals surface area contributed by atoms with Crippen molar-refractivity contribution >= 4 is 28.2 Å². The van der Waals surface area contributed by atoms with Gasteiger partial charge < -0.3 is 9.84 Å². The van der Waals surface area contributed by atoms with E-state index < -0.39 is 5.97 Å². The second-order valence-electron chi connectivity index (χ2n) is 4.19. The summed E-state index contributed by atoms with van der Waals surface area (Å²) >= 11 is 1.57. The van der Waals surface area contributed by atoms with Crippen LogP contribution in [0.4, 0.5) is 0 Å². The molecule has 0 aliphatic rings. The number of hydrogen-bond acceptors (Lipinski definition) is 4. The van der Waals surface area contributed by atoms with Crippen LogP contribution >= 0.6 is 11.3 Å². The van der Waals surface area contributed by atoms with E-state index in [-0.39, 0.29) is 5.56 Å². The lowest BCUT2D eigenvalue weighted by Gasteiger charge is -2.11. The van der Waals surface area contributed by atoms with Gasteiger partial charge in [-0.25, -0.2) is 4.79 Å². The van der Waals surface area contributed by atoms with Crippen LogP contribution in [0.15, 0.2) is 48.0 Å². The second-order valence-corrected chi connectivity index (χ2v) is 5.22. The minimum absolute atomic E-state index is 0.0836. The van der Waals surface area contributed by atoms with Crippen molar-refractivity contribution < 1.29 is 14.6 Å². The summed E-state index contributed by atoms with van der Waals surface area (Å²) in [5, 5.41) is 11.9. The van der Waals surface area contributed by atoms with Crippen molar-refractivity contribution in [2.24, 2.45) is 0 Å². The van der Waals surface area contributed by atoms with Gasteiger partial charge in [0.25, 0.3) is 0 Å². The predicted molar refractivity (Wildman–Crippen MR) is 77.4 cm³/mol. The summed E-state index contributed by atoms with van der Waals surface area (Å²) < 4.78 is 5.75. The quantitative estimate of drug-likeness (QED) is 0.796. The van der Waals surface area contributed by atoms with E-state index in [1.54, 1.807) is 11.3 Å². The van der Waals surface area contributed by atoms with E-state index in [9.17, 15) is 9.90 Å². The molecule has 0 saturated heterocycles. The summed E-state index contributed by atoms with van der Waals surface area (Å²) in [5.41, 5.74) is 0.805. The van der Waals surface area contributed by atoms with Gasteiger partial charge in [0.05, 0.1) is 5.52 Å². The second kappa shape index (κ2) is 5.30. The molecule has 5 heteroatoms. The van der Waals surface area contributed by atoms with Crippen LogP contribution in [0.5, 0.6) is 5.75 Å². The highest BCUT2D eigenvalue weighted by atomic mass is 32.1. The molecule has 100 valence electrons. The molecule has 0 fully saturated rings. The van der Waals surface area contributed by atoms with Gasteiger partial charge >= 0.3 is 5.97 Å². The first kappa shape index (κ1) is 12.6. The van der Waals surface area contributed by atoms with Crippen molar-refractivity contribution in [3.8, 4) is 5.75 Å². The fourth-order valence-corrected chi connectivity index (χ4v) is 2.58. The molecule has 0 aliphatic carbocycles. The number of pyridine rings is 1. The number of aromatic nitrogens is 1. The van der Waals surface area contributed by atoms with Crippen molar-refractivity contribution in [2.45, 2.75) is 6.61 Å². The monoisotopic (exact) mass is 285 g/mol. The van der Waals surface area contributed by atoms with Crippen LogP contribution < -0.4 is 4.74 Å². The minimum atomic E-state index is -1.04. The third-order valence-electron chi connectivity index (χ3n) is 2.90. The maximum Gasteiger partial charge on any atom is 0.341 e. The van der Waals surface area contributed by atoms with Crippen LogP contribution in [-0.2, 0) is 6.61 Å². The Kier molecular flexibility index (Phi) is 3.35. The zero-order valence-corrected chi connectivity index (χ0v) is 11.3. The predicted octanol–water partition coefficient (Wildman–Crippen LogP) is 3.57. The number of ether oxygens (including phenoxy) is 1. The Balaban J connectivity index is 2.05. The number of para-hydroxylation sites is 1. The SMILES string of the molecule is O=C(O)c1cnc2ccccc2c1OCc1cccs1. The molecule has 3 rings (SSSR count). The summed E-state index contributed by atoms with van der Waals surface area (Å²) in [6.07, 6.45) is 1.34. The molecule has 0 bridgehead atoms. The standard InChI is InChI=1S/C15H11NO3S/c17-15(18)12-8-16-13-6-2-1-5-11(13)14(12)19-9-10-4-3-7-20-10/h1-8H,9H2,(H,17,18). The van der Waals surface area contributed by atoms with E-state index in [4.69, 9.17) is 4.74 Å². The highest BCUT2D eigenvalue weighted by molar-refractivity contribution is 7.09. The van der Waals surface area contributed by atoms with Gasteiger partial charge in [-0.3, -0.25) is 4.98 Å². The van der Waals surface area contributed by atoms with Crippen molar-refractivity contribution in [3.05, 3.63) is 58.4 Å². The summed E-state index contributed by atoms with van der Waals surface area (Å²) in [7, 11) is 0. The van der Waals surface area contributed by atoms with Gasteiger partial charge in [0.2, 0.25) is 0 Å². The van der Waals surface area contributed by atoms with E-state index in [1.807, 2.05) is 41.8 Å². The Morgan fingerprint density at radius 1 is 1.25 bits per heavy atom. The zero-order chi connectivity index (χ0) is 13.9. The summed E-state index contributed by atoms with van der Waals surface area (Å²) in [6, 6.07) is 11.2. The largest absolute Gasteiger partial charge is 0.486 e. The molecule has 0 amide bonds. The maximum atomic E-state index is 11.3. The first-order valence-electron chi connectivity index (χ1n) is 6.02. The third-order valence-corrected chi connectivity index (χ3v) is 3.75. The van der Waals surface area contributed by atoms with Crippen LogP contribution in [0, 0.1) is 0 Å². The molecule has 20 heavy (non-hydrogen) atoms. The number of carboxylic acid groups (broad SMARTS) is 1. The first-order valence-corrected chi connectivity index (χ1v) is 6.90. The van der Waals surface area contributed by atoms with E-state index in [2.05, 4.69) is 4.98 Å². The Labute approximate surface area is 119 Å². The fraction of sp³-hybridized carbons (Fsp3) is 0.0667. The van der Waals surface area contributed by atoms with Gasteiger partial charge in [0.15, 0.2) is 0 Å². The number of hydrogen-bond donors (Lipinski definition) is 1. The van der Waals surface area contributed by atoms with Gasteiger partial charge in [-0.1, -0.05) is 18.2 Å². The molecule has 0 spiro atoms.